The van der Waals surface area contributed by atoms with E-state index >= 15 is 0 Å². The van der Waals surface area contributed by atoms with Crippen LogP contribution in [0.4, 0.5) is 0 Å². The summed E-state index contributed by atoms with van der Waals surface area (Å²) in [6, 6.07) is 8.05. The van der Waals surface area contributed by atoms with Crippen molar-refractivity contribution in [2.45, 2.75) is 32.6 Å². The van der Waals surface area contributed by atoms with Crippen LogP contribution in [0.3, 0.4) is 0 Å². The third-order valence-electron chi connectivity index (χ3n) is 4.00. The number of H-pyrrole nitrogens is 1. The standard InChI is InChI=1S/C16H20N2O/c1-12-15(13-8-4-5-9-14(13)17-12)16(19)18-10-6-2-3-7-11-18/h4-5,8-9,17H,2-3,6-7,10-11H2,1H3. The number of hydrogen-bond acceptors (Lipinski definition) is 1. The zero-order valence-electron chi connectivity index (χ0n) is 11.4. The van der Waals surface area contributed by atoms with Gasteiger partial charge in [-0.3, -0.25) is 4.79 Å². The number of amides is 1. The van der Waals surface area contributed by atoms with E-state index in [0.29, 0.717) is 0 Å². The summed E-state index contributed by atoms with van der Waals surface area (Å²) >= 11 is 0. The monoisotopic (exact) mass is 256 g/mol. The van der Waals surface area contributed by atoms with Crippen LogP contribution >= 0.6 is 0 Å². The Bertz CT molecular complexity index is 592. The van der Waals surface area contributed by atoms with Crippen molar-refractivity contribution in [3.05, 3.63) is 35.5 Å². The lowest BCUT2D eigenvalue weighted by atomic mass is 10.1. The summed E-state index contributed by atoms with van der Waals surface area (Å²) in [6.07, 6.45) is 4.76. The van der Waals surface area contributed by atoms with Crippen molar-refractivity contribution in [1.29, 1.82) is 0 Å². The molecule has 1 fully saturated rings. The molecule has 0 spiro atoms. The van der Waals surface area contributed by atoms with E-state index in [9.17, 15) is 4.79 Å². The van der Waals surface area contributed by atoms with Crippen LogP contribution in [0.25, 0.3) is 10.9 Å². The van der Waals surface area contributed by atoms with Gasteiger partial charge in [0.15, 0.2) is 0 Å². The van der Waals surface area contributed by atoms with Crippen LogP contribution < -0.4 is 0 Å². The van der Waals surface area contributed by atoms with Crippen LogP contribution in [0.1, 0.15) is 41.7 Å². The summed E-state index contributed by atoms with van der Waals surface area (Å²) in [5.74, 6) is 0.192. The van der Waals surface area contributed by atoms with E-state index in [-0.39, 0.29) is 5.91 Å². The van der Waals surface area contributed by atoms with Gasteiger partial charge in [0.2, 0.25) is 0 Å². The minimum absolute atomic E-state index is 0.192. The van der Waals surface area contributed by atoms with Crippen molar-refractivity contribution >= 4 is 16.8 Å². The SMILES string of the molecule is Cc1[nH]c2ccccc2c1C(=O)N1CCCCCC1. The first-order valence-corrected chi connectivity index (χ1v) is 7.14. The Morgan fingerprint density at radius 3 is 2.53 bits per heavy atom. The number of para-hydroxylation sites is 1. The molecule has 0 atom stereocenters. The Morgan fingerprint density at radius 1 is 1.11 bits per heavy atom. The molecule has 19 heavy (non-hydrogen) atoms. The highest BCUT2D eigenvalue weighted by atomic mass is 16.2. The Kier molecular flexibility index (Phi) is 3.28. The fraction of sp³-hybridized carbons (Fsp3) is 0.438. The largest absolute Gasteiger partial charge is 0.358 e. The molecule has 0 bridgehead atoms. The Morgan fingerprint density at radius 2 is 1.79 bits per heavy atom. The van der Waals surface area contributed by atoms with Gasteiger partial charge in [0.05, 0.1) is 5.56 Å². The predicted octanol–water partition coefficient (Wildman–Crippen LogP) is 3.49. The maximum atomic E-state index is 12.8. The van der Waals surface area contributed by atoms with Gasteiger partial charge in [-0.25, -0.2) is 0 Å². The van der Waals surface area contributed by atoms with Crippen LogP contribution in [-0.2, 0) is 0 Å². The van der Waals surface area contributed by atoms with Crippen molar-refractivity contribution in [1.82, 2.24) is 9.88 Å². The molecule has 3 heteroatoms. The molecule has 0 aliphatic carbocycles. The molecule has 0 saturated carbocycles. The second-order valence-electron chi connectivity index (χ2n) is 5.38. The Labute approximate surface area is 113 Å². The number of nitrogens with one attached hydrogen (secondary N) is 1. The third-order valence-corrected chi connectivity index (χ3v) is 4.00. The lowest BCUT2D eigenvalue weighted by Crippen LogP contribution is -2.32. The van der Waals surface area contributed by atoms with Gasteiger partial charge in [0.25, 0.3) is 5.91 Å². The molecule has 1 aromatic heterocycles. The van der Waals surface area contributed by atoms with Crippen LogP contribution in [0.2, 0.25) is 0 Å². The highest BCUT2D eigenvalue weighted by Crippen LogP contribution is 2.24. The topological polar surface area (TPSA) is 36.1 Å². The average Bonchev–Trinajstić information content (AvgIpc) is 2.61. The maximum Gasteiger partial charge on any atom is 0.256 e. The van der Waals surface area contributed by atoms with E-state index in [0.717, 1.165) is 48.1 Å². The predicted molar refractivity (Wildman–Crippen MR) is 77.4 cm³/mol. The van der Waals surface area contributed by atoms with Gasteiger partial charge in [-0.15, -0.1) is 0 Å². The maximum absolute atomic E-state index is 12.8. The molecule has 100 valence electrons. The molecule has 1 aliphatic rings. The van der Waals surface area contributed by atoms with E-state index in [2.05, 4.69) is 4.98 Å². The minimum atomic E-state index is 0.192. The fourth-order valence-corrected chi connectivity index (χ4v) is 2.98. The molecule has 0 radical (unpaired) electrons. The molecule has 1 N–H and O–H groups in total. The molecule has 1 aliphatic heterocycles. The average molecular weight is 256 g/mol. The lowest BCUT2D eigenvalue weighted by Gasteiger charge is -2.20. The van der Waals surface area contributed by atoms with E-state index in [1.54, 1.807) is 0 Å². The number of nitrogens with zero attached hydrogens (tertiary/aromatic N) is 1. The zero-order chi connectivity index (χ0) is 13.2. The summed E-state index contributed by atoms with van der Waals surface area (Å²) in [5.41, 5.74) is 2.89. The van der Waals surface area contributed by atoms with Crippen LogP contribution in [0.5, 0.6) is 0 Å². The Hall–Kier alpha value is -1.77. The van der Waals surface area contributed by atoms with Crippen LogP contribution in [0.15, 0.2) is 24.3 Å². The molecular weight excluding hydrogens is 236 g/mol. The molecule has 1 saturated heterocycles. The van der Waals surface area contributed by atoms with Gasteiger partial charge >= 0.3 is 0 Å². The summed E-state index contributed by atoms with van der Waals surface area (Å²) in [7, 11) is 0. The van der Waals surface area contributed by atoms with Crippen molar-refractivity contribution in [2.24, 2.45) is 0 Å². The number of benzene rings is 1. The molecule has 3 rings (SSSR count). The molecule has 2 heterocycles. The summed E-state index contributed by atoms with van der Waals surface area (Å²) in [5, 5.41) is 1.05. The number of rotatable bonds is 1. The number of aromatic nitrogens is 1. The summed E-state index contributed by atoms with van der Waals surface area (Å²) < 4.78 is 0. The van der Waals surface area contributed by atoms with Gasteiger partial charge in [-0.1, -0.05) is 31.0 Å². The van der Waals surface area contributed by atoms with Crippen LogP contribution in [0, 0.1) is 6.92 Å². The smallest absolute Gasteiger partial charge is 0.256 e. The highest BCUT2D eigenvalue weighted by molar-refractivity contribution is 6.08. The zero-order valence-corrected chi connectivity index (χ0v) is 11.4. The molecule has 2 aromatic rings. The molecule has 1 amide bonds. The Balaban J connectivity index is 1.98. The molecule has 1 aromatic carbocycles. The van der Waals surface area contributed by atoms with Gasteiger partial charge < -0.3 is 9.88 Å². The summed E-state index contributed by atoms with van der Waals surface area (Å²) in [6.45, 7) is 3.79. The van der Waals surface area contributed by atoms with Crippen molar-refractivity contribution in [3.8, 4) is 0 Å². The van der Waals surface area contributed by atoms with Gasteiger partial charge in [-0.05, 0) is 25.8 Å². The van der Waals surface area contributed by atoms with E-state index < -0.39 is 0 Å². The minimum Gasteiger partial charge on any atom is -0.358 e. The van der Waals surface area contributed by atoms with E-state index in [4.69, 9.17) is 0 Å². The number of fused-ring (bicyclic) bond motifs is 1. The first kappa shape index (κ1) is 12.3. The fourth-order valence-electron chi connectivity index (χ4n) is 2.98. The van der Waals surface area contributed by atoms with E-state index in [1.165, 1.54) is 12.8 Å². The molecular formula is C16H20N2O. The second-order valence-corrected chi connectivity index (χ2v) is 5.38. The highest BCUT2D eigenvalue weighted by Gasteiger charge is 2.22. The number of carbonyl (C=O) groups excluding carboxylic acids is 1. The van der Waals surface area contributed by atoms with Gasteiger partial charge in [0.1, 0.15) is 0 Å². The van der Waals surface area contributed by atoms with Gasteiger partial charge in [-0.2, -0.15) is 0 Å². The lowest BCUT2D eigenvalue weighted by molar-refractivity contribution is 0.0763. The van der Waals surface area contributed by atoms with Crippen molar-refractivity contribution < 1.29 is 4.79 Å². The first-order valence-electron chi connectivity index (χ1n) is 7.14. The summed E-state index contributed by atoms with van der Waals surface area (Å²) in [4.78, 5) is 18.1. The number of likely N-dealkylation sites (tertiary alicyclic amines) is 1. The van der Waals surface area contributed by atoms with E-state index in [1.807, 2.05) is 36.1 Å². The van der Waals surface area contributed by atoms with Crippen molar-refractivity contribution in [3.63, 3.8) is 0 Å². The quantitative estimate of drug-likeness (QED) is 0.833. The number of aryl methyl sites for hydroxylation is 1. The molecule has 0 unspecified atom stereocenters. The number of aromatic amines is 1. The normalized spacial score (nSPS) is 16.6. The number of hydrogen-bond donors (Lipinski definition) is 1. The molecule has 3 nitrogen and oxygen atoms in total. The first-order chi connectivity index (χ1) is 9.27. The third kappa shape index (κ3) is 2.25. The van der Waals surface area contributed by atoms with Crippen molar-refractivity contribution in [2.75, 3.05) is 13.1 Å². The second kappa shape index (κ2) is 5.08. The van der Waals surface area contributed by atoms with Gasteiger partial charge in [0, 0.05) is 29.7 Å². The van der Waals surface area contributed by atoms with Crippen LogP contribution in [-0.4, -0.2) is 28.9 Å². The number of carbonyl (C=O) groups is 1.